The molecule has 6 heteroatoms. The molecule has 0 bridgehead atoms. The highest BCUT2D eigenvalue weighted by atomic mass is 16.9. The van der Waals surface area contributed by atoms with Crippen LogP contribution in [0.2, 0.25) is 0 Å². The second kappa shape index (κ2) is 3.47. The number of nitrogens with zero attached hydrogens (tertiary/aromatic N) is 1. The molecule has 0 saturated carbocycles. The molecule has 42 valence electrons. The minimum atomic E-state index is -0.747. The zero-order valence-corrected chi connectivity index (χ0v) is 3.36. The first-order chi connectivity index (χ1) is 3.27. The maximum Gasteiger partial charge on any atom is 0.353 e. The van der Waals surface area contributed by atoms with Crippen molar-refractivity contribution in [3.05, 3.63) is 15.3 Å². The van der Waals surface area contributed by atoms with Gasteiger partial charge in [-0.3, -0.25) is 10.1 Å². The highest BCUT2D eigenvalue weighted by Crippen LogP contribution is 1.59. The van der Waals surface area contributed by atoms with Crippen molar-refractivity contribution in [1.82, 2.24) is 0 Å². The van der Waals surface area contributed by atoms with Crippen molar-refractivity contribution < 1.29 is 15.4 Å². The Balaban J connectivity index is 2.82. The van der Waals surface area contributed by atoms with E-state index in [1.54, 1.807) is 0 Å². The minimum absolute atomic E-state index is 0.0306. The van der Waals surface area contributed by atoms with Crippen LogP contribution in [0.5, 0.6) is 0 Å². The predicted molar refractivity (Wildman–Crippen MR) is 18.2 cm³/mol. The second-order valence-electron chi connectivity index (χ2n) is 0.725. The lowest BCUT2D eigenvalue weighted by atomic mass is 11.3. The van der Waals surface area contributed by atoms with Gasteiger partial charge in [0.1, 0.15) is 0 Å². The van der Waals surface area contributed by atoms with Gasteiger partial charge in [-0.15, -0.1) is 4.84 Å². The molecule has 0 rings (SSSR count). The van der Waals surface area contributed by atoms with Gasteiger partial charge < -0.3 is 5.21 Å². The average molecular weight is 108 g/mol. The molecule has 0 aromatic carbocycles. The van der Waals surface area contributed by atoms with Crippen LogP contribution in [0.25, 0.3) is 0 Å². The summed E-state index contributed by atoms with van der Waals surface area (Å²) < 4.78 is 0. The van der Waals surface area contributed by atoms with Crippen LogP contribution in [-0.2, 0) is 4.84 Å². The number of nitrogens with two attached hydrogens (primary N) is 1. The van der Waals surface area contributed by atoms with Gasteiger partial charge in [0, 0.05) is 0 Å². The molecule has 0 saturated heterocycles. The SMILES string of the molecule is O=[N+]([O-])CO[NH2+][O-]. The Hall–Kier alpha value is -0.720. The van der Waals surface area contributed by atoms with E-state index in [2.05, 4.69) is 4.84 Å². The summed E-state index contributed by atoms with van der Waals surface area (Å²) in [6.45, 7) is -0.747. The molecule has 0 aromatic heterocycles. The van der Waals surface area contributed by atoms with Crippen LogP contribution < -0.4 is 5.64 Å². The molecule has 0 atom stereocenters. The quantitative estimate of drug-likeness (QED) is 0.262. The minimum Gasteiger partial charge on any atom is -0.601 e. The van der Waals surface area contributed by atoms with Crippen molar-refractivity contribution in [2.75, 3.05) is 6.73 Å². The first kappa shape index (κ1) is 6.28. The van der Waals surface area contributed by atoms with Crippen molar-refractivity contribution >= 4 is 0 Å². The number of quaternary nitrogens is 1. The summed E-state index contributed by atoms with van der Waals surface area (Å²) in [6, 6.07) is 0. The van der Waals surface area contributed by atoms with Crippen LogP contribution in [0.3, 0.4) is 0 Å². The smallest absolute Gasteiger partial charge is 0.353 e. The molecule has 0 heterocycles. The molecule has 0 amide bonds. The Bertz CT molecular complexity index is 62.7. The third-order valence-electron chi connectivity index (χ3n) is 0.248. The van der Waals surface area contributed by atoms with E-state index in [1.807, 2.05) is 0 Å². The van der Waals surface area contributed by atoms with Gasteiger partial charge in [-0.25, -0.2) is 5.64 Å². The number of rotatable bonds is 3. The van der Waals surface area contributed by atoms with Gasteiger partial charge in [0.05, 0.1) is 4.92 Å². The summed E-state index contributed by atoms with van der Waals surface area (Å²) in [4.78, 5) is 12.3. The van der Waals surface area contributed by atoms with Crippen LogP contribution >= 0.6 is 0 Å². The molecule has 0 aliphatic heterocycles. The molecule has 6 nitrogen and oxygen atoms in total. The van der Waals surface area contributed by atoms with Crippen molar-refractivity contribution in [2.24, 2.45) is 0 Å². The molecule has 0 fully saturated rings. The zero-order valence-electron chi connectivity index (χ0n) is 3.36. The van der Waals surface area contributed by atoms with Gasteiger partial charge in [0.25, 0.3) is 0 Å². The van der Waals surface area contributed by atoms with Crippen LogP contribution in [0.1, 0.15) is 0 Å². The number of nitro groups is 1. The fraction of sp³-hybridized carbons (Fsp3) is 1.00. The molecule has 2 N–H and O–H groups in total. The van der Waals surface area contributed by atoms with Gasteiger partial charge in [-0.2, -0.15) is 0 Å². The largest absolute Gasteiger partial charge is 0.601 e. The third kappa shape index (κ3) is 5.28. The first-order valence-corrected chi connectivity index (χ1v) is 1.44. The lowest BCUT2D eigenvalue weighted by Gasteiger charge is -1.93. The third-order valence-corrected chi connectivity index (χ3v) is 0.248. The van der Waals surface area contributed by atoms with Gasteiger partial charge in [0.2, 0.25) is 0 Å². The van der Waals surface area contributed by atoms with Crippen LogP contribution in [0.15, 0.2) is 0 Å². The number of hydrogen-bond donors (Lipinski definition) is 1. The summed E-state index contributed by atoms with van der Waals surface area (Å²) in [5, 5.41) is 18.5. The van der Waals surface area contributed by atoms with E-state index in [1.165, 1.54) is 0 Å². The summed E-state index contributed by atoms with van der Waals surface area (Å²) in [7, 11) is 0. The molecule has 7 heavy (non-hydrogen) atoms. The Morgan fingerprint density at radius 2 is 2.43 bits per heavy atom. The molecule has 0 spiro atoms. The van der Waals surface area contributed by atoms with E-state index < -0.39 is 11.7 Å². The highest BCUT2D eigenvalue weighted by Gasteiger charge is 1.91. The molecular weight excluding hydrogens is 104 g/mol. The van der Waals surface area contributed by atoms with Gasteiger partial charge in [-0.1, -0.05) is 0 Å². The normalized spacial score (nSPS) is 8.71. The fourth-order valence-corrected chi connectivity index (χ4v) is 0.0913. The summed E-state index contributed by atoms with van der Waals surface area (Å²) in [6.07, 6.45) is 0. The van der Waals surface area contributed by atoms with Crippen molar-refractivity contribution in [3.8, 4) is 0 Å². The van der Waals surface area contributed by atoms with Gasteiger partial charge in [-0.05, 0) is 0 Å². The van der Waals surface area contributed by atoms with E-state index in [0.717, 1.165) is 0 Å². The summed E-state index contributed by atoms with van der Waals surface area (Å²) in [5.74, 6) is 0. The van der Waals surface area contributed by atoms with Crippen molar-refractivity contribution in [1.29, 1.82) is 0 Å². The summed E-state index contributed by atoms with van der Waals surface area (Å²) >= 11 is 0. The van der Waals surface area contributed by atoms with Crippen LogP contribution in [0.4, 0.5) is 0 Å². The average Bonchev–Trinajstić information content (AvgIpc) is 1.61. The standard InChI is InChI=1S/CH4N2O4/c4-2-7-1-3(5)6/h1-2H2. The predicted octanol–water partition coefficient (Wildman–Crippen LogP) is -1.79. The van der Waals surface area contributed by atoms with E-state index in [9.17, 15) is 15.3 Å². The van der Waals surface area contributed by atoms with Gasteiger partial charge >= 0.3 is 6.73 Å². The van der Waals surface area contributed by atoms with E-state index in [0.29, 0.717) is 0 Å². The second-order valence-corrected chi connectivity index (χ2v) is 0.725. The first-order valence-electron chi connectivity index (χ1n) is 1.44. The van der Waals surface area contributed by atoms with Crippen molar-refractivity contribution in [3.63, 3.8) is 0 Å². The summed E-state index contributed by atoms with van der Waals surface area (Å²) in [5.41, 5.74) is 0.0306. The zero-order chi connectivity index (χ0) is 5.70. The van der Waals surface area contributed by atoms with E-state index >= 15 is 0 Å². The fourth-order valence-electron chi connectivity index (χ4n) is 0.0913. The van der Waals surface area contributed by atoms with E-state index in [4.69, 9.17) is 0 Å². The maximum absolute atomic E-state index is 9.28. The highest BCUT2D eigenvalue weighted by molar-refractivity contribution is 3.97. The number of hydrogen-bond acceptors (Lipinski definition) is 4. The van der Waals surface area contributed by atoms with Gasteiger partial charge in [0.15, 0.2) is 0 Å². The Labute approximate surface area is 38.8 Å². The van der Waals surface area contributed by atoms with E-state index in [-0.39, 0.29) is 5.64 Å². The lowest BCUT2D eigenvalue weighted by molar-refractivity contribution is -0.882. The molecule has 0 radical (unpaired) electrons. The molecule has 0 aliphatic rings. The molecular formula is CH4N2O4. The Morgan fingerprint density at radius 1 is 1.86 bits per heavy atom. The monoisotopic (exact) mass is 108 g/mol. The molecule has 0 aliphatic carbocycles. The molecule has 0 unspecified atom stereocenters. The van der Waals surface area contributed by atoms with Crippen LogP contribution in [0, 0.1) is 15.3 Å². The van der Waals surface area contributed by atoms with Crippen molar-refractivity contribution in [2.45, 2.75) is 0 Å². The Kier molecular flexibility index (Phi) is 3.11. The Morgan fingerprint density at radius 3 is 2.57 bits per heavy atom. The topological polar surface area (TPSA) is 92.0 Å². The van der Waals surface area contributed by atoms with Crippen LogP contribution in [-0.4, -0.2) is 11.7 Å². The maximum atomic E-state index is 9.28. The lowest BCUT2D eigenvalue weighted by Crippen LogP contribution is -2.76. The molecule has 0 aromatic rings.